The zero-order chi connectivity index (χ0) is 17.9. The standard InChI is InChI=1S/C19H22N6O/c1-24-18(11-16(23-24)15-7-8-15)22-19(26)21-17(12-25-10-9-20-13-25)14-5-3-2-4-6-14/h2-6,9-11,13,15,17H,7-8,12H2,1H3,(H2,21,22,26). The highest BCUT2D eigenvalue weighted by Crippen LogP contribution is 2.39. The number of amides is 2. The van der Waals surface area contributed by atoms with Crippen LogP contribution in [0, 0.1) is 0 Å². The van der Waals surface area contributed by atoms with E-state index in [-0.39, 0.29) is 12.1 Å². The molecule has 7 heteroatoms. The number of aryl methyl sites for hydroxylation is 1. The number of benzene rings is 1. The zero-order valence-electron chi connectivity index (χ0n) is 14.7. The summed E-state index contributed by atoms with van der Waals surface area (Å²) < 4.78 is 3.67. The van der Waals surface area contributed by atoms with Crippen LogP contribution >= 0.6 is 0 Å². The molecule has 26 heavy (non-hydrogen) atoms. The van der Waals surface area contributed by atoms with Gasteiger partial charge in [0.2, 0.25) is 0 Å². The van der Waals surface area contributed by atoms with Gasteiger partial charge >= 0.3 is 6.03 Å². The van der Waals surface area contributed by atoms with Crippen LogP contribution in [-0.2, 0) is 13.6 Å². The Morgan fingerprint density at radius 2 is 2.12 bits per heavy atom. The molecular formula is C19H22N6O. The van der Waals surface area contributed by atoms with Crippen molar-refractivity contribution in [3.63, 3.8) is 0 Å². The van der Waals surface area contributed by atoms with E-state index in [4.69, 9.17) is 0 Å². The molecular weight excluding hydrogens is 328 g/mol. The topological polar surface area (TPSA) is 76.8 Å². The zero-order valence-corrected chi connectivity index (χ0v) is 14.7. The van der Waals surface area contributed by atoms with Crippen molar-refractivity contribution in [2.75, 3.05) is 5.32 Å². The largest absolute Gasteiger partial charge is 0.335 e. The second-order valence-electron chi connectivity index (χ2n) is 6.67. The maximum absolute atomic E-state index is 12.6. The molecule has 2 N–H and O–H groups in total. The summed E-state index contributed by atoms with van der Waals surface area (Å²) in [5.41, 5.74) is 2.10. The molecule has 7 nitrogen and oxygen atoms in total. The Balaban J connectivity index is 1.47. The number of hydrogen-bond acceptors (Lipinski definition) is 3. The predicted molar refractivity (Wildman–Crippen MR) is 98.7 cm³/mol. The number of aromatic nitrogens is 4. The first kappa shape index (κ1) is 16.4. The Labute approximate surface area is 152 Å². The molecule has 4 rings (SSSR count). The molecule has 1 saturated carbocycles. The van der Waals surface area contributed by atoms with E-state index in [2.05, 4.69) is 20.7 Å². The van der Waals surface area contributed by atoms with Gasteiger partial charge in [-0.2, -0.15) is 5.10 Å². The van der Waals surface area contributed by atoms with E-state index < -0.39 is 0 Å². The summed E-state index contributed by atoms with van der Waals surface area (Å²) in [4.78, 5) is 16.7. The summed E-state index contributed by atoms with van der Waals surface area (Å²) in [7, 11) is 1.85. The van der Waals surface area contributed by atoms with E-state index in [0.29, 0.717) is 18.3 Å². The first-order chi connectivity index (χ1) is 12.7. The summed E-state index contributed by atoms with van der Waals surface area (Å²) in [6.07, 6.45) is 7.74. The van der Waals surface area contributed by atoms with Gasteiger partial charge in [-0.05, 0) is 18.4 Å². The third-order valence-electron chi connectivity index (χ3n) is 4.60. The van der Waals surface area contributed by atoms with Crippen molar-refractivity contribution in [3.8, 4) is 0 Å². The second-order valence-corrected chi connectivity index (χ2v) is 6.67. The Bertz CT molecular complexity index is 867. The number of nitrogens with zero attached hydrogens (tertiary/aromatic N) is 4. The summed E-state index contributed by atoms with van der Waals surface area (Å²) in [5, 5.41) is 10.5. The lowest BCUT2D eigenvalue weighted by Gasteiger charge is -2.20. The van der Waals surface area contributed by atoms with E-state index in [1.165, 1.54) is 12.8 Å². The van der Waals surface area contributed by atoms with Crippen LogP contribution in [0.5, 0.6) is 0 Å². The molecule has 1 aliphatic carbocycles. The molecule has 3 aromatic rings. The van der Waals surface area contributed by atoms with Gasteiger partial charge in [-0.25, -0.2) is 9.78 Å². The number of carbonyl (C=O) groups excluding carboxylic acids is 1. The van der Waals surface area contributed by atoms with Gasteiger partial charge in [-0.3, -0.25) is 10.00 Å². The van der Waals surface area contributed by atoms with Gasteiger partial charge < -0.3 is 9.88 Å². The molecule has 1 unspecified atom stereocenters. The lowest BCUT2D eigenvalue weighted by molar-refractivity contribution is 0.247. The highest BCUT2D eigenvalue weighted by atomic mass is 16.2. The van der Waals surface area contributed by atoms with Crippen molar-refractivity contribution in [1.82, 2.24) is 24.6 Å². The van der Waals surface area contributed by atoms with E-state index in [9.17, 15) is 4.79 Å². The van der Waals surface area contributed by atoms with Crippen molar-refractivity contribution in [2.24, 2.45) is 7.05 Å². The monoisotopic (exact) mass is 350 g/mol. The second kappa shape index (κ2) is 7.03. The Kier molecular flexibility index (Phi) is 4.43. The fourth-order valence-corrected chi connectivity index (χ4v) is 3.02. The number of nitrogens with one attached hydrogen (secondary N) is 2. The molecule has 0 spiro atoms. The number of rotatable bonds is 6. The van der Waals surface area contributed by atoms with Crippen molar-refractivity contribution in [2.45, 2.75) is 31.3 Å². The van der Waals surface area contributed by atoms with Gasteiger partial charge in [0.05, 0.1) is 18.1 Å². The van der Waals surface area contributed by atoms with Crippen LogP contribution in [0.1, 0.15) is 36.1 Å². The van der Waals surface area contributed by atoms with Crippen LogP contribution < -0.4 is 10.6 Å². The molecule has 1 aromatic carbocycles. The van der Waals surface area contributed by atoms with Crippen molar-refractivity contribution >= 4 is 11.8 Å². The molecule has 0 radical (unpaired) electrons. The van der Waals surface area contributed by atoms with E-state index in [1.807, 2.05) is 54.2 Å². The number of anilines is 1. The molecule has 1 aliphatic rings. The maximum Gasteiger partial charge on any atom is 0.320 e. The number of carbonyl (C=O) groups is 1. The highest BCUT2D eigenvalue weighted by molar-refractivity contribution is 5.88. The molecule has 134 valence electrons. The van der Waals surface area contributed by atoms with Gasteiger partial charge in [0.1, 0.15) is 5.82 Å². The molecule has 0 aliphatic heterocycles. The highest BCUT2D eigenvalue weighted by Gasteiger charge is 2.27. The quantitative estimate of drug-likeness (QED) is 0.717. The van der Waals surface area contributed by atoms with Gasteiger partial charge in [0.25, 0.3) is 0 Å². The average Bonchev–Trinajstić information content (AvgIpc) is 3.26. The van der Waals surface area contributed by atoms with Crippen LogP contribution in [0.3, 0.4) is 0 Å². The average molecular weight is 350 g/mol. The number of urea groups is 1. The third-order valence-corrected chi connectivity index (χ3v) is 4.60. The minimum absolute atomic E-state index is 0.165. The van der Waals surface area contributed by atoms with Gasteiger partial charge in [0, 0.05) is 38.0 Å². The maximum atomic E-state index is 12.6. The molecule has 1 atom stereocenters. The SMILES string of the molecule is Cn1nc(C2CC2)cc1NC(=O)NC(Cn1ccnc1)c1ccccc1. The first-order valence-corrected chi connectivity index (χ1v) is 8.81. The number of imidazole rings is 1. The summed E-state index contributed by atoms with van der Waals surface area (Å²) >= 11 is 0. The van der Waals surface area contributed by atoms with Crippen molar-refractivity contribution in [3.05, 3.63) is 66.4 Å². The summed E-state index contributed by atoms with van der Waals surface area (Å²) in [6, 6.07) is 11.5. The minimum atomic E-state index is -0.246. The van der Waals surface area contributed by atoms with Crippen LogP contribution in [0.2, 0.25) is 0 Å². The van der Waals surface area contributed by atoms with E-state index in [0.717, 1.165) is 11.3 Å². The normalized spacial score (nSPS) is 14.8. The Morgan fingerprint density at radius 3 is 2.81 bits per heavy atom. The van der Waals surface area contributed by atoms with Crippen LogP contribution in [-0.4, -0.2) is 25.4 Å². The fourth-order valence-electron chi connectivity index (χ4n) is 3.02. The summed E-state index contributed by atoms with van der Waals surface area (Å²) in [5.74, 6) is 1.26. The van der Waals surface area contributed by atoms with Gasteiger partial charge in [-0.15, -0.1) is 0 Å². The van der Waals surface area contributed by atoms with E-state index in [1.54, 1.807) is 17.2 Å². The smallest absolute Gasteiger partial charge is 0.320 e. The van der Waals surface area contributed by atoms with E-state index >= 15 is 0 Å². The molecule has 2 heterocycles. The fraction of sp³-hybridized carbons (Fsp3) is 0.316. The molecule has 2 amide bonds. The lowest BCUT2D eigenvalue weighted by atomic mass is 10.1. The van der Waals surface area contributed by atoms with Crippen LogP contribution in [0.25, 0.3) is 0 Å². The molecule has 1 fully saturated rings. The lowest BCUT2D eigenvalue weighted by Crippen LogP contribution is -2.35. The van der Waals surface area contributed by atoms with Gasteiger partial charge in [-0.1, -0.05) is 30.3 Å². The van der Waals surface area contributed by atoms with Crippen molar-refractivity contribution in [1.29, 1.82) is 0 Å². The third kappa shape index (κ3) is 3.77. The van der Waals surface area contributed by atoms with Crippen LogP contribution in [0.15, 0.2) is 55.1 Å². The summed E-state index contributed by atoms with van der Waals surface area (Å²) in [6.45, 7) is 0.607. The Hall–Kier alpha value is -3.09. The first-order valence-electron chi connectivity index (χ1n) is 8.81. The number of hydrogen-bond donors (Lipinski definition) is 2. The molecule has 0 saturated heterocycles. The van der Waals surface area contributed by atoms with Crippen molar-refractivity contribution < 1.29 is 4.79 Å². The molecule has 2 aromatic heterocycles. The molecule has 0 bridgehead atoms. The predicted octanol–water partition coefficient (Wildman–Crippen LogP) is 3.06. The van der Waals surface area contributed by atoms with Crippen LogP contribution in [0.4, 0.5) is 10.6 Å². The Morgan fingerprint density at radius 1 is 1.31 bits per heavy atom. The minimum Gasteiger partial charge on any atom is -0.335 e. The van der Waals surface area contributed by atoms with Gasteiger partial charge in [0.15, 0.2) is 0 Å².